The highest BCUT2D eigenvalue weighted by Gasteiger charge is 2.14. The number of carbonyl (C=O) groups excluding carboxylic acids is 1. The van der Waals surface area contributed by atoms with Crippen molar-refractivity contribution in [2.24, 2.45) is 0 Å². The van der Waals surface area contributed by atoms with Gasteiger partial charge in [-0.05, 0) is 30.0 Å². The molecule has 0 aliphatic rings. The Morgan fingerprint density at radius 1 is 1.23 bits per heavy atom. The smallest absolute Gasteiger partial charge is 0.322 e. The van der Waals surface area contributed by atoms with E-state index in [1.165, 1.54) is 6.20 Å². The molecule has 112 valence electrons. The number of aromatic nitrogens is 3. The van der Waals surface area contributed by atoms with Crippen LogP contribution in [0.5, 0.6) is 0 Å². The van der Waals surface area contributed by atoms with Gasteiger partial charge in [0.25, 0.3) is 11.8 Å². The molecule has 1 aromatic carbocycles. The van der Waals surface area contributed by atoms with E-state index in [2.05, 4.69) is 27.6 Å². The van der Waals surface area contributed by atoms with E-state index in [4.69, 9.17) is 8.94 Å². The van der Waals surface area contributed by atoms with Gasteiger partial charge in [0.1, 0.15) is 0 Å². The molecule has 0 fully saturated rings. The van der Waals surface area contributed by atoms with E-state index >= 15 is 0 Å². The normalized spacial score (nSPS) is 10.6. The fourth-order valence-electron chi connectivity index (χ4n) is 1.74. The fraction of sp³-hybridized carbons (Fsp3) is 0.143. The summed E-state index contributed by atoms with van der Waals surface area (Å²) < 4.78 is 10.2. The molecule has 0 saturated carbocycles. The molecule has 3 aromatic rings. The van der Waals surface area contributed by atoms with Crippen molar-refractivity contribution in [3.63, 3.8) is 0 Å². The average Bonchev–Trinajstić information content (AvgIpc) is 3.19. The lowest BCUT2D eigenvalue weighted by molar-refractivity contribution is 0.102. The zero-order valence-corrected chi connectivity index (χ0v) is 12.5. The van der Waals surface area contributed by atoms with Crippen LogP contribution in [0.4, 0.5) is 6.01 Å². The van der Waals surface area contributed by atoms with Crippen LogP contribution >= 0.6 is 11.8 Å². The lowest BCUT2D eigenvalue weighted by Gasteiger charge is -2.02. The summed E-state index contributed by atoms with van der Waals surface area (Å²) in [7, 11) is 0. The van der Waals surface area contributed by atoms with Gasteiger partial charge in [-0.3, -0.25) is 10.1 Å². The molecule has 1 N–H and O–H groups in total. The number of benzene rings is 1. The molecule has 0 radical (unpaired) electrons. The van der Waals surface area contributed by atoms with Crippen LogP contribution in [0, 0.1) is 0 Å². The molecule has 0 aliphatic carbocycles. The minimum absolute atomic E-state index is 0.00316. The Morgan fingerprint density at radius 3 is 2.73 bits per heavy atom. The first kappa shape index (κ1) is 14.3. The molecule has 2 heterocycles. The Balaban J connectivity index is 1.69. The Labute approximate surface area is 130 Å². The minimum Gasteiger partial charge on any atom is -0.400 e. The standard InChI is InChI=1S/C14H12N4O3S/c1-2-22-10-5-3-9(4-6-10)12(19)16-14-18-17-13(20-14)11-7-8-15-21-11/h3-8H,2H2,1H3,(H,16,18,19). The van der Waals surface area contributed by atoms with E-state index in [1.54, 1.807) is 30.0 Å². The predicted molar refractivity (Wildman–Crippen MR) is 80.6 cm³/mol. The van der Waals surface area contributed by atoms with Crippen LogP contribution in [0.2, 0.25) is 0 Å². The second-order valence-electron chi connectivity index (χ2n) is 4.20. The topological polar surface area (TPSA) is 94.1 Å². The summed E-state index contributed by atoms with van der Waals surface area (Å²) in [4.78, 5) is 13.2. The van der Waals surface area contributed by atoms with Crippen molar-refractivity contribution in [3.8, 4) is 11.7 Å². The van der Waals surface area contributed by atoms with E-state index in [0.29, 0.717) is 11.3 Å². The molecule has 3 rings (SSSR count). The van der Waals surface area contributed by atoms with Crippen molar-refractivity contribution < 1.29 is 13.7 Å². The first-order chi connectivity index (χ1) is 10.8. The monoisotopic (exact) mass is 316 g/mol. The number of carbonyl (C=O) groups is 1. The van der Waals surface area contributed by atoms with Crippen LogP contribution in [0.15, 0.2) is 50.4 Å². The SMILES string of the molecule is CCSc1ccc(C(=O)Nc2nnc(-c3ccno3)o2)cc1. The Hall–Kier alpha value is -2.61. The number of nitrogens with zero attached hydrogens (tertiary/aromatic N) is 3. The maximum Gasteiger partial charge on any atom is 0.322 e. The van der Waals surface area contributed by atoms with Gasteiger partial charge in [0.2, 0.25) is 5.76 Å². The Morgan fingerprint density at radius 2 is 2.05 bits per heavy atom. The second kappa shape index (κ2) is 6.44. The zero-order valence-electron chi connectivity index (χ0n) is 11.6. The molecule has 0 spiro atoms. The van der Waals surface area contributed by atoms with Crippen LogP contribution in [-0.4, -0.2) is 27.0 Å². The molecule has 22 heavy (non-hydrogen) atoms. The van der Waals surface area contributed by atoms with Crippen LogP contribution in [0.1, 0.15) is 17.3 Å². The van der Waals surface area contributed by atoms with E-state index in [-0.39, 0.29) is 17.8 Å². The van der Waals surface area contributed by atoms with Gasteiger partial charge in [-0.1, -0.05) is 17.2 Å². The maximum absolute atomic E-state index is 12.1. The number of hydrogen-bond acceptors (Lipinski definition) is 7. The third kappa shape index (κ3) is 3.17. The third-order valence-corrected chi connectivity index (χ3v) is 3.62. The van der Waals surface area contributed by atoms with E-state index < -0.39 is 0 Å². The summed E-state index contributed by atoms with van der Waals surface area (Å²) >= 11 is 1.71. The van der Waals surface area contributed by atoms with Gasteiger partial charge >= 0.3 is 6.01 Å². The summed E-state index contributed by atoms with van der Waals surface area (Å²) in [5.74, 6) is 1.16. The van der Waals surface area contributed by atoms with Gasteiger partial charge in [0, 0.05) is 16.5 Å². The molecular formula is C14H12N4O3S. The number of nitrogens with one attached hydrogen (secondary N) is 1. The summed E-state index contributed by atoms with van der Waals surface area (Å²) in [5.41, 5.74) is 0.514. The lowest BCUT2D eigenvalue weighted by atomic mass is 10.2. The minimum atomic E-state index is -0.319. The van der Waals surface area contributed by atoms with Crippen LogP contribution in [0.3, 0.4) is 0 Å². The quantitative estimate of drug-likeness (QED) is 0.723. The summed E-state index contributed by atoms with van der Waals surface area (Å²) in [6.45, 7) is 2.08. The molecule has 0 atom stereocenters. The molecular weight excluding hydrogens is 304 g/mol. The third-order valence-electron chi connectivity index (χ3n) is 2.72. The number of rotatable bonds is 5. The molecule has 1 amide bonds. The van der Waals surface area contributed by atoms with Crippen molar-refractivity contribution in [2.45, 2.75) is 11.8 Å². The Kier molecular flexibility index (Phi) is 4.19. The number of anilines is 1. The van der Waals surface area contributed by atoms with Gasteiger partial charge in [-0.25, -0.2) is 0 Å². The lowest BCUT2D eigenvalue weighted by Crippen LogP contribution is -2.11. The van der Waals surface area contributed by atoms with E-state index in [9.17, 15) is 4.79 Å². The highest BCUT2D eigenvalue weighted by molar-refractivity contribution is 7.99. The van der Waals surface area contributed by atoms with Gasteiger partial charge in [-0.2, -0.15) is 0 Å². The average molecular weight is 316 g/mol. The van der Waals surface area contributed by atoms with Gasteiger partial charge in [0.05, 0.1) is 6.20 Å². The maximum atomic E-state index is 12.1. The van der Waals surface area contributed by atoms with Crippen molar-refractivity contribution in [2.75, 3.05) is 11.1 Å². The Bertz CT molecular complexity index is 753. The molecule has 7 nitrogen and oxygen atoms in total. The number of hydrogen-bond donors (Lipinski definition) is 1. The molecule has 0 unspecified atom stereocenters. The molecule has 2 aromatic heterocycles. The highest BCUT2D eigenvalue weighted by atomic mass is 32.2. The number of amides is 1. The predicted octanol–water partition coefficient (Wildman–Crippen LogP) is 3.09. The van der Waals surface area contributed by atoms with Crippen LogP contribution in [0.25, 0.3) is 11.7 Å². The van der Waals surface area contributed by atoms with Gasteiger partial charge < -0.3 is 8.94 Å². The molecule has 0 bridgehead atoms. The zero-order chi connectivity index (χ0) is 15.4. The first-order valence-electron chi connectivity index (χ1n) is 6.55. The van der Waals surface area contributed by atoms with Crippen LogP contribution in [-0.2, 0) is 0 Å². The second-order valence-corrected chi connectivity index (χ2v) is 5.54. The van der Waals surface area contributed by atoms with Crippen molar-refractivity contribution in [3.05, 3.63) is 42.1 Å². The summed E-state index contributed by atoms with van der Waals surface area (Å²) in [6, 6.07) is 8.89. The largest absolute Gasteiger partial charge is 0.400 e. The van der Waals surface area contributed by atoms with Crippen molar-refractivity contribution >= 4 is 23.7 Å². The van der Waals surface area contributed by atoms with E-state index in [1.807, 2.05) is 12.1 Å². The van der Waals surface area contributed by atoms with Gasteiger partial charge in [-0.15, -0.1) is 16.9 Å². The van der Waals surface area contributed by atoms with Crippen molar-refractivity contribution in [1.82, 2.24) is 15.4 Å². The van der Waals surface area contributed by atoms with Gasteiger partial charge in [0.15, 0.2) is 0 Å². The fourth-order valence-corrected chi connectivity index (χ4v) is 2.40. The molecule has 0 saturated heterocycles. The summed E-state index contributed by atoms with van der Waals surface area (Å²) in [5, 5.41) is 13.6. The highest BCUT2D eigenvalue weighted by Crippen LogP contribution is 2.20. The van der Waals surface area contributed by atoms with E-state index in [0.717, 1.165) is 10.6 Å². The first-order valence-corrected chi connectivity index (χ1v) is 7.53. The molecule has 8 heteroatoms. The summed E-state index contributed by atoms with van der Waals surface area (Å²) in [6.07, 6.45) is 1.47. The number of thioether (sulfide) groups is 1. The van der Waals surface area contributed by atoms with Crippen LogP contribution < -0.4 is 5.32 Å². The van der Waals surface area contributed by atoms with Crippen molar-refractivity contribution in [1.29, 1.82) is 0 Å². The molecule has 0 aliphatic heterocycles.